The SMILES string of the molecule is CCNC(=NCc1ncc(C(C)(C)C)o1)NCCCCOCc1ccccc1. The fraction of sp³-hybridized carbons (Fsp3) is 0.545. The van der Waals surface area contributed by atoms with Gasteiger partial charge in [0.1, 0.15) is 12.3 Å². The number of ether oxygens (including phenoxy) is 1. The van der Waals surface area contributed by atoms with Gasteiger partial charge in [-0.3, -0.25) is 0 Å². The zero-order valence-corrected chi connectivity index (χ0v) is 17.6. The number of nitrogens with one attached hydrogen (secondary N) is 2. The summed E-state index contributed by atoms with van der Waals surface area (Å²) in [4.78, 5) is 8.88. The number of hydrogen-bond acceptors (Lipinski definition) is 4. The van der Waals surface area contributed by atoms with E-state index in [0.29, 0.717) is 19.0 Å². The molecule has 0 spiro atoms. The van der Waals surface area contributed by atoms with Crippen LogP contribution in [-0.2, 0) is 23.3 Å². The molecule has 2 rings (SSSR count). The van der Waals surface area contributed by atoms with Gasteiger partial charge in [0, 0.05) is 25.1 Å². The molecule has 154 valence electrons. The molecule has 1 aromatic carbocycles. The molecule has 0 fully saturated rings. The second-order valence-electron chi connectivity index (χ2n) is 7.74. The van der Waals surface area contributed by atoms with Crippen molar-refractivity contribution in [3.63, 3.8) is 0 Å². The predicted molar refractivity (Wildman–Crippen MR) is 113 cm³/mol. The highest BCUT2D eigenvalue weighted by molar-refractivity contribution is 5.79. The van der Waals surface area contributed by atoms with Gasteiger partial charge in [-0.2, -0.15) is 0 Å². The number of oxazole rings is 1. The molecule has 28 heavy (non-hydrogen) atoms. The summed E-state index contributed by atoms with van der Waals surface area (Å²) in [5.41, 5.74) is 1.17. The molecule has 0 atom stereocenters. The van der Waals surface area contributed by atoms with Crippen LogP contribution in [0.4, 0.5) is 0 Å². The van der Waals surface area contributed by atoms with Crippen molar-refractivity contribution < 1.29 is 9.15 Å². The smallest absolute Gasteiger partial charge is 0.216 e. The van der Waals surface area contributed by atoms with E-state index in [4.69, 9.17) is 9.15 Å². The average molecular weight is 387 g/mol. The summed E-state index contributed by atoms with van der Waals surface area (Å²) in [6.07, 6.45) is 3.82. The van der Waals surface area contributed by atoms with E-state index in [2.05, 4.69) is 60.4 Å². The van der Waals surface area contributed by atoms with Crippen LogP contribution in [0, 0.1) is 0 Å². The van der Waals surface area contributed by atoms with Crippen LogP contribution in [0.1, 0.15) is 57.8 Å². The second kappa shape index (κ2) is 11.5. The first-order valence-electron chi connectivity index (χ1n) is 10.1. The van der Waals surface area contributed by atoms with Gasteiger partial charge in [-0.15, -0.1) is 0 Å². The van der Waals surface area contributed by atoms with Crippen LogP contribution >= 0.6 is 0 Å². The molecule has 6 heteroatoms. The van der Waals surface area contributed by atoms with Crippen molar-refractivity contribution in [3.8, 4) is 0 Å². The Hall–Kier alpha value is -2.34. The number of guanidine groups is 1. The van der Waals surface area contributed by atoms with Gasteiger partial charge >= 0.3 is 0 Å². The van der Waals surface area contributed by atoms with Crippen molar-refractivity contribution in [3.05, 3.63) is 53.7 Å². The number of nitrogens with zero attached hydrogens (tertiary/aromatic N) is 2. The topological polar surface area (TPSA) is 71.7 Å². The Labute approximate surface area is 168 Å². The normalized spacial score (nSPS) is 12.2. The average Bonchev–Trinajstić information content (AvgIpc) is 3.15. The Balaban J connectivity index is 1.66. The summed E-state index contributed by atoms with van der Waals surface area (Å²) >= 11 is 0. The van der Waals surface area contributed by atoms with E-state index in [0.717, 1.165) is 44.3 Å². The molecule has 1 heterocycles. The summed E-state index contributed by atoms with van der Waals surface area (Å²) in [5, 5.41) is 6.60. The van der Waals surface area contributed by atoms with E-state index in [1.165, 1.54) is 5.56 Å². The van der Waals surface area contributed by atoms with Crippen molar-refractivity contribution in [1.29, 1.82) is 0 Å². The molecule has 0 saturated carbocycles. The summed E-state index contributed by atoms with van der Waals surface area (Å²) in [5.74, 6) is 2.30. The Morgan fingerprint density at radius 3 is 2.61 bits per heavy atom. The first-order valence-corrected chi connectivity index (χ1v) is 10.1. The predicted octanol–water partition coefficient (Wildman–Crippen LogP) is 4.02. The van der Waals surface area contributed by atoms with Crippen LogP contribution in [0.25, 0.3) is 0 Å². The van der Waals surface area contributed by atoms with Crippen LogP contribution in [0.5, 0.6) is 0 Å². The third-order valence-corrected chi connectivity index (χ3v) is 4.13. The zero-order chi connectivity index (χ0) is 20.2. The Morgan fingerprint density at radius 2 is 1.93 bits per heavy atom. The number of aliphatic imine (C=N–C) groups is 1. The molecule has 6 nitrogen and oxygen atoms in total. The van der Waals surface area contributed by atoms with E-state index in [9.17, 15) is 0 Å². The fourth-order valence-corrected chi connectivity index (χ4v) is 2.52. The van der Waals surface area contributed by atoms with E-state index in [1.54, 1.807) is 6.20 Å². The maximum atomic E-state index is 5.79. The molecular formula is C22H34N4O2. The fourth-order valence-electron chi connectivity index (χ4n) is 2.52. The molecule has 2 N–H and O–H groups in total. The van der Waals surface area contributed by atoms with Gasteiger partial charge < -0.3 is 19.8 Å². The maximum absolute atomic E-state index is 5.79. The highest BCUT2D eigenvalue weighted by Gasteiger charge is 2.18. The van der Waals surface area contributed by atoms with Gasteiger partial charge in [0.2, 0.25) is 5.89 Å². The van der Waals surface area contributed by atoms with Gasteiger partial charge in [-0.25, -0.2) is 9.98 Å². The molecular weight excluding hydrogens is 352 g/mol. The van der Waals surface area contributed by atoms with Crippen molar-refractivity contribution in [2.24, 2.45) is 4.99 Å². The molecule has 1 aromatic heterocycles. The molecule has 0 amide bonds. The number of benzene rings is 1. The minimum Gasteiger partial charge on any atom is -0.443 e. The largest absolute Gasteiger partial charge is 0.443 e. The maximum Gasteiger partial charge on any atom is 0.216 e. The lowest BCUT2D eigenvalue weighted by Gasteiger charge is -2.13. The molecule has 0 aliphatic rings. The number of unbranched alkanes of at least 4 members (excludes halogenated alkanes) is 1. The molecule has 0 unspecified atom stereocenters. The number of aromatic nitrogens is 1. The van der Waals surface area contributed by atoms with Gasteiger partial charge in [0.15, 0.2) is 5.96 Å². The van der Waals surface area contributed by atoms with Crippen molar-refractivity contribution in [2.75, 3.05) is 19.7 Å². The van der Waals surface area contributed by atoms with Gasteiger partial charge in [-0.05, 0) is 25.3 Å². The standard InChI is InChI=1S/C22H34N4O2/c1-5-23-21(26-16-20-25-15-19(28-20)22(2,3)4)24-13-9-10-14-27-17-18-11-7-6-8-12-18/h6-8,11-12,15H,5,9-10,13-14,16-17H2,1-4H3,(H2,23,24,26). The quantitative estimate of drug-likeness (QED) is 0.366. The summed E-state index contributed by atoms with van der Waals surface area (Å²) < 4.78 is 11.5. The summed E-state index contributed by atoms with van der Waals surface area (Å²) in [6, 6.07) is 10.3. The van der Waals surface area contributed by atoms with Crippen LogP contribution in [0.15, 0.2) is 45.9 Å². The minimum atomic E-state index is -0.0414. The lowest BCUT2D eigenvalue weighted by molar-refractivity contribution is 0.117. The monoisotopic (exact) mass is 386 g/mol. The molecule has 0 aliphatic carbocycles. The minimum absolute atomic E-state index is 0.0414. The van der Waals surface area contributed by atoms with Crippen LogP contribution in [-0.4, -0.2) is 30.6 Å². The van der Waals surface area contributed by atoms with E-state index in [1.807, 2.05) is 18.2 Å². The lowest BCUT2D eigenvalue weighted by Crippen LogP contribution is -2.37. The number of hydrogen-bond donors (Lipinski definition) is 2. The van der Waals surface area contributed by atoms with Crippen molar-refractivity contribution in [1.82, 2.24) is 15.6 Å². The third kappa shape index (κ3) is 8.13. The first kappa shape index (κ1) is 22.0. The lowest BCUT2D eigenvalue weighted by atomic mass is 9.94. The molecule has 2 aromatic rings. The molecule has 0 saturated heterocycles. The Morgan fingerprint density at radius 1 is 1.14 bits per heavy atom. The van der Waals surface area contributed by atoms with Crippen molar-refractivity contribution in [2.45, 2.75) is 59.1 Å². The van der Waals surface area contributed by atoms with Crippen molar-refractivity contribution >= 4 is 5.96 Å². The Bertz CT molecular complexity index is 705. The molecule has 0 bridgehead atoms. The van der Waals surface area contributed by atoms with E-state index < -0.39 is 0 Å². The first-order chi connectivity index (χ1) is 13.5. The summed E-state index contributed by atoms with van der Waals surface area (Å²) in [7, 11) is 0. The highest BCUT2D eigenvalue weighted by Crippen LogP contribution is 2.22. The second-order valence-corrected chi connectivity index (χ2v) is 7.74. The van der Waals surface area contributed by atoms with E-state index in [-0.39, 0.29) is 5.41 Å². The van der Waals surface area contributed by atoms with Crippen LogP contribution in [0.3, 0.4) is 0 Å². The molecule has 0 radical (unpaired) electrons. The van der Waals surface area contributed by atoms with Gasteiger partial charge in [0.25, 0.3) is 0 Å². The van der Waals surface area contributed by atoms with Gasteiger partial charge in [-0.1, -0.05) is 51.1 Å². The van der Waals surface area contributed by atoms with Crippen LogP contribution < -0.4 is 10.6 Å². The summed E-state index contributed by atoms with van der Waals surface area (Å²) in [6.45, 7) is 11.9. The number of rotatable bonds is 10. The van der Waals surface area contributed by atoms with E-state index >= 15 is 0 Å². The molecule has 0 aliphatic heterocycles. The Kier molecular flexibility index (Phi) is 9.01. The third-order valence-electron chi connectivity index (χ3n) is 4.13. The zero-order valence-electron chi connectivity index (χ0n) is 17.6. The highest BCUT2D eigenvalue weighted by atomic mass is 16.5. The van der Waals surface area contributed by atoms with Gasteiger partial charge in [0.05, 0.1) is 12.8 Å². The van der Waals surface area contributed by atoms with Crippen LogP contribution in [0.2, 0.25) is 0 Å².